The quantitative estimate of drug-likeness (QED) is 0.727. The maximum absolute atomic E-state index is 12.1. The minimum Gasteiger partial charge on any atom is -0.388 e. The van der Waals surface area contributed by atoms with Gasteiger partial charge in [-0.2, -0.15) is 0 Å². The lowest BCUT2D eigenvalue weighted by atomic mass is 10.2. The van der Waals surface area contributed by atoms with Crippen molar-refractivity contribution in [2.24, 2.45) is 0 Å². The largest absolute Gasteiger partial charge is 0.388 e. The van der Waals surface area contributed by atoms with Crippen molar-refractivity contribution in [1.82, 2.24) is 15.1 Å². The third kappa shape index (κ3) is 4.39. The van der Waals surface area contributed by atoms with Gasteiger partial charge in [-0.15, -0.1) is 0 Å². The average Bonchev–Trinajstić information content (AvgIpc) is 2.80. The van der Waals surface area contributed by atoms with E-state index in [0.717, 1.165) is 39.0 Å². The second-order valence-corrected chi connectivity index (χ2v) is 6.42. The van der Waals surface area contributed by atoms with Crippen molar-refractivity contribution in [3.8, 4) is 0 Å². The van der Waals surface area contributed by atoms with Crippen LogP contribution in [-0.4, -0.2) is 84.9 Å². The number of aliphatic hydroxyl groups is 1. The van der Waals surface area contributed by atoms with Crippen LogP contribution in [0.5, 0.6) is 0 Å². The molecule has 0 spiro atoms. The number of amides is 1. The average molecular weight is 299 g/mol. The molecule has 1 amide bonds. The van der Waals surface area contributed by atoms with Crippen LogP contribution in [0.2, 0.25) is 0 Å². The zero-order valence-corrected chi connectivity index (χ0v) is 13.4. The topological polar surface area (TPSA) is 65.0 Å². The number of ether oxygens (including phenoxy) is 1. The summed E-state index contributed by atoms with van der Waals surface area (Å²) in [6, 6.07) is 0.403. The molecule has 1 aliphatic heterocycles. The van der Waals surface area contributed by atoms with Crippen LogP contribution in [0.1, 0.15) is 26.7 Å². The van der Waals surface area contributed by atoms with Gasteiger partial charge in [-0.05, 0) is 26.7 Å². The number of rotatable bonds is 5. The zero-order valence-electron chi connectivity index (χ0n) is 13.4. The molecule has 1 saturated heterocycles. The van der Waals surface area contributed by atoms with Crippen LogP contribution in [0, 0.1) is 0 Å². The van der Waals surface area contributed by atoms with Crippen molar-refractivity contribution in [3.05, 3.63) is 0 Å². The lowest BCUT2D eigenvalue weighted by Crippen LogP contribution is -2.52. The van der Waals surface area contributed by atoms with E-state index < -0.39 is 6.10 Å². The van der Waals surface area contributed by atoms with E-state index in [1.165, 1.54) is 0 Å². The highest BCUT2D eigenvalue weighted by Crippen LogP contribution is 2.22. The predicted octanol–water partition coefficient (Wildman–Crippen LogP) is -0.333. The molecule has 6 heteroatoms. The predicted molar refractivity (Wildman–Crippen MR) is 81.1 cm³/mol. The van der Waals surface area contributed by atoms with Crippen LogP contribution >= 0.6 is 0 Å². The molecule has 1 heterocycles. The lowest BCUT2D eigenvalue weighted by Gasteiger charge is -2.36. The normalized spacial score (nSPS) is 31.8. The Balaban J connectivity index is 1.71. The Kier molecular flexibility index (Phi) is 5.98. The Labute approximate surface area is 127 Å². The smallest absolute Gasteiger partial charge is 0.234 e. The first-order chi connectivity index (χ1) is 10.0. The first kappa shape index (κ1) is 16.7. The van der Waals surface area contributed by atoms with E-state index in [0.29, 0.717) is 12.6 Å². The van der Waals surface area contributed by atoms with Gasteiger partial charge in [-0.25, -0.2) is 0 Å². The van der Waals surface area contributed by atoms with Gasteiger partial charge >= 0.3 is 0 Å². The Hall–Kier alpha value is -0.690. The number of hydrogen-bond acceptors (Lipinski definition) is 5. The van der Waals surface area contributed by atoms with E-state index in [2.05, 4.69) is 29.0 Å². The lowest BCUT2D eigenvalue weighted by molar-refractivity contribution is -0.124. The van der Waals surface area contributed by atoms with Crippen molar-refractivity contribution in [3.63, 3.8) is 0 Å². The molecule has 6 nitrogen and oxygen atoms in total. The summed E-state index contributed by atoms with van der Waals surface area (Å²) in [6.07, 6.45) is 0.851. The number of carbonyl (C=O) groups excluding carboxylic acids is 1. The van der Waals surface area contributed by atoms with Crippen LogP contribution in [0.25, 0.3) is 0 Å². The highest BCUT2D eigenvalue weighted by atomic mass is 16.5. The van der Waals surface area contributed by atoms with E-state index in [9.17, 15) is 9.90 Å². The molecule has 2 fully saturated rings. The van der Waals surface area contributed by atoms with Crippen LogP contribution in [-0.2, 0) is 9.53 Å². The van der Waals surface area contributed by atoms with Gasteiger partial charge in [0.1, 0.15) is 6.10 Å². The highest BCUT2D eigenvalue weighted by Gasteiger charge is 2.35. The number of piperazine rings is 1. The molecule has 2 N–H and O–H groups in total. The fraction of sp³-hybridized carbons (Fsp3) is 0.933. The van der Waals surface area contributed by atoms with E-state index in [4.69, 9.17) is 4.74 Å². The summed E-state index contributed by atoms with van der Waals surface area (Å²) in [5, 5.41) is 13.0. The molecule has 1 aliphatic carbocycles. The van der Waals surface area contributed by atoms with Crippen LogP contribution in [0.3, 0.4) is 0 Å². The zero-order chi connectivity index (χ0) is 15.4. The highest BCUT2D eigenvalue weighted by molar-refractivity contribution is 5.78. The minimum absolute atomic E-state index is 0.00815. The van der Waals surface area contributed by atoms with Crippen molar-refractivity contribution in [2.75, 3.05) is 39.8 Å². The molecule has 0 bridgehead atoms. The molecule has 3 atom stereocenters. The van der Waals surface area contributed by atoms with E-state index >= 15 is 0 Å². The molecule has 0 radical (unpaired) electrons. The molecule has 1 saturated carbocycles. The fourth-order valence-corrected chi connectivity index (χ4v) is 3.25. The standard InChI is InChI=1S/C15H29N3O3/c1-11(2)18-8-6-17(7-9-18)10-14(19)16-12-4-5-13(21-3)15(12)20/h11-13,15,20H,4-10H2,1-3H3,(H,16,19)/t12-,13-,15-/m1/s1. The van der Waals surface area contributed by atoms with Gasteiger partial charge in [0.15, 0.2) is 0 Å². The molecule has 2 aliphatic rings. The van der Waals surface area contributed by atoms with Crippen molar-refractivity contribution >= 4 is 5.91 Å². The molecule has 2 rings (SSSR count). The van der Waals surface area contributed by atoms with Crippen LogP contribution < -0.4 is 5.32 Å². The van der Waals surface area contributed by atoms with Crippen molar-refractivity contribution < 1.29 is 14.6 Å². The van der Waals surface area contributed by atoms with E-state index in [1.807, 2.05) is 0 Å². The summed E-state index contributed by atoms with van der Waals surface area (Å²) in [6.45, 7) is 8.73. The van der Waals surface area contributed by atoms with Gasteiger partial charge < -0.3 is 15.2 Å². The maximum Gasteiger partial charge on any atom is 0.234 e. The fourth-order valence-electron chi connectivity index (χ4n) is 3.25. The molecular weight excluding hydrogens is 270 g/mol. The van der Waals surface area contributed by atoms with Gasteiger partial charge in [0, 0.05) is 39.3 Å². The van der Waals surface area contributed by atoms with Crippen LogP contribution in [0.4, 0.5) is 0 Å². The van der Waals surface area contributed by atoms with Gasteiger partial charge in [0.25, 0.3) is 0 Å². The molecule has 0 unspecified atom stereocenters. The summed E-state index contributed by atoms with van der Waals surface area (Å²) < 4.78 is 5.20. The number of nitrogens with one attached hydrogen (secondary N) is 1. The Morgan fingerprint density at radius 2 is 1.95 bits per heavy atom. The van der Waals surface area contributed by atoms with Crippen molar-refractivity contribution in [2.45, 2.75) is 51.0 Å². The first-order valence-corrected chi connectivity index (χ1v) is 7.98. The number of carbonyl (C=O) groups is 1. The third-order valence-corrected chi connectivity index (χ3v) is 4.71. The summed E-state index contributed by atoms with van der Waals surface area (Å²) >= 11 is 0. The SMILES string of the molecule is CO[C@@H]1CC[C@@H](NC(=O)CN2CCN(C(C)C)CC2)[C@H]1O. The molecular formula is C15H29N3O3. The summed E-state index contributed by atoms with van der Waals surface area (Å²) in [4.78, 5) is 16.7. The van der Waals surface area contributed by atoms with E-state index in [-0.39, 0.29) is 18.1 Å². The third-order valence-electron chi connectivity index (χ3n) is 4.71. The molecule has 21 heavy (non-hydrogen) atoms. The summed E-state index contributed by atoms with van der Waals surface area (Å²) in [5.41, 5.74) is 0. The van der Waals surface area contributed by atoms with Gasteiger partial charge in [0.2, 0.25) is 5.91 Å². The maximum atomic E-state index is 12.1. The van der Waals surface area contributed by atoms with Gasteiger partial charge in [0.05, 0.1) is 18.7 Å². The second kappa shape index (κ2) is 7.54. The molecule has 122 valence electrons. The summed E-state index contributed by atoms with van der Waals surface area (Å²) in [5.74, 6) is 0.00815. The number of nitrogens with zero attached hydrogens (tertiary/aromatic N) is 2. The number of aliphatic hydroxyl groups excluding tert-OH is 1. The number of hydrogen-bond donors (Lipinski definition) is 2. The Morgan fingerprint density at radius 1 is 1.29 bits per heavy atom. The molecule has 0 aromatic carbocycles. The van der Waals surface area contributed by atoms with Gasteiger partial charge in [-0.3, -0.25) is 14.6 Å². The van der Waals surface area contributed by atoms with Crippen LogP contribution in [0.15, 0.2) is 0 Å². The second-order valence-electron chi connectivity index (χ2n) is 6.42. The van der Waals surface area contributed by atoms with Gasteiger partial charge in [-0.1, -0.05) is 0 Å². The Morgan fingerprint density at radius 3 is 2.48 bits per heavy atom. The summed E-state index contributed by atoms with van der Waals surface area (Å²) in [7, 11) is 1.60. The van der Waals surface area contributed by atoms with Crippen molar-refractivity contribution in [1.29, 1.82) is 0 Å². The van der Waals surface area contributed by atoms with E-state index in [1.54, 1.807) is 7.11 Å². The monoisotopic (exact) mass is 299 g/mol. The molecule has 0 aromatic rings. The first-order valence-electron chi connectivity index (χ1n) is 7.98. The Bertz CT molecular complexity index is 343. The molecule has 0 aromatic heterocycles. The minimum atomic E-state index is -0.586. The number of methoxy groups -OCH3 is 1.